The molecule has 0 aromatic rings. The van der Waals surface area contributed by atoms with Crippen molar-refractivity contribution in [3.05, 3.63) is 0 Å². The first-order chi connectivity index (χ1) is 7.34. The van der Waals surface area contributed by atoms with E-state index in [1.165, 1.54) is 51.4 Å². The molecule has 0 spiro atoms. The Hall–Kier alpha value is -0.0800. The predicted molar refractivity (Wildman–Crippen MR) is 63.1 cm³/mol. The van der Waals surface area contributed by atoms with Crippen LogP contribution in [0.5, 0.6) is 0 Å². The quantitative estimate of drug-likeness (QED) is 0.755. The summed E-state index contributed by atoms with van der Waals surface area (Å²) in [6.45, 7) is 3.25. The van der Waals surface area contributed by atoms with Crippen molar-refractivity contribution in [2.45, 2.75) is 76.5 Å². The zero-order valence-corrected chi connectivity index (χ0v) is 10.0. The van der Waals surface area contributed by atoms with Crippen LogP contribution in [0.15, 0.2) is 0 Å². The van der Waals surface area contributed by atoms with Gasteiger partial charge in [0.25, 0.3) is 0 Å². The Balaban J connectivity index is 1.57. The molecule has 15 heavy (non-hydrogen) atoms. The summed E-state index contributed by atoms with van der Waals surface area (Å²) in [5.41, 5.74) is 0. The van der Waals surface area contributed by atoms with Gasteiger partial charge in [-0.2, -0.15) is 0 Å². The van der Waals surface area contributed by atoms with E-state index in [9.17, 15) is 0 Å². The lowest BCUT2D eigenvalue weighted by atomic mass is 10.2. The van der Waals surface area contributed by atoms with Crippen molar-refractivity contribution in [3.8, 4) is 0 Å². The van der Waals surface area contributed by atoms with Gasteiger partial charge in [0.2, 0.25) is 0 Å². The summed E-state index contributed by atoms with van der Waals surface area (Å²) in [5, 5.41) is 3.63. The molecule has 0 amide bonds. The van der Waals surface area contributed by atoms with Gasteiger partial charge in [0.1, 0.15) is 0 Å². The first kappa shape index (κ1) is 11.4. The van der Waals surface area contributed by atoms with E-state index in [4.69, 9.17) is 4.74 Å². The summed E-state index contributed by atoms with van der Waals surface area (Å²) in [7, 11) is 0. The normalized spacial score (nSPS) is 26.2. The van der Waals surface area contributed by atoms with Gasteiger partial charge in [0.15, 0.2) is 0 Å². The van der Waals surface area contributed by atoms with Crippen LogP contribution in [-0.2, 0) is 4.74 Å². The highest BCUT2D eigenvalue weighted by atomic mass is 16.5. The first-order valence-electron chi connectivity index (χ1n) is 6.73. The van der Waals surface area contributed by atoms with Crippen LogP contribution >= 0.6 is 0 Å². The molecule has 0 saturated heterocycles. The van der Waals surface area contributed by atoms with Crippen LogP contribution in [-0.4, -0.2) is 24.8 Å². The fraction of sp³-hybridized carbons (Fsp3) is 1.00. The summed E-state index contributed by atoms with van der Waals surface area (Å²) in [5.74, 6) is 0. The van der Waals surface area contributed by atoms with Gasteiger partial charge in [-0.05, 0) is 32.6 Å². The largest absolute Gasteiger partial charge is 0.374 e. The molecule has 2 heteroatoms. The molecule has 2 aliphatic rings. The fourth-order valence-electron chi connectivity index (χ4n) is 2.86. The molecule has 0 heterocycles. The second-order valence-electron chi connectivity index (χ2n) is 5.24. The van der Waals surface area contributed by atoms with Crippen molar-refractivity contribution < 1.29 is 4.74 Å². The Morgan fingerprint density at radius 3 is 2.33 bits per heavy atom. The highest BCUT2D eigenvalue weighted by molar-refractivity contribution is 4.75. The second-order valence-corrected chi connectivity index (χ2v) is 5.24. The van der Waals surface area contributed by atoms with Gasteiger partial charge in [-0.3, -0.25) is 0 Å². The molecule has 1 unspecified atom stereocenters. The van der Waals surface area contributed by atoms with E-state index in [-0.39, 0.29) is 0 Å². The van der Waals surface area contributed by atoms with Crippen molar-refractivity contribution in [3.63, 3.8) is 0 Å². The Bertz CT molecular complexity index is 171. The number of nitrogens with one attached hydrogen (secondary N) is 1. The lowest BCUT2D eigenvalue weighted by Gasteiger charge is -2.21. The maximum atomic E-state index is 6.01. The highest BCUT2D eigenvalue weighted by Crippen LogP contribution is 2.22. The van der Waals surface area contributed by atoms with Crippen LogP contribution in [0.1, 0.15) is 58.3 Å². The third kappa shape index (κ3) is 3.76. The zero-order valence-electron chi connectivity index (χ0n) is 10.0. The highest BCUT2D eigenvalue weighted by Gasteiger charge is 2.19. The van der Waals surface area contributed by atoms with Crippen LogP contribution in [0, 0.1) is 0 Å². The monoisotopic (exact) mass is 211 g/mol. The Labute approximate surface area is 93.8 Å². The average molecular weight is 211 g/mol. The van der Waals surface area contributed by atoms with Gasteiger partial charge < -0.3 is 10.1 Å². The number of rotatable bonds is 5. The fourth-order valence-corrected chi connectivity index (χ4v) is 2.86. The smallest absolute Gasteiger partial charge is 0.0675 e. The molecule has 0 aromatic carbocycles. The van der Waals surface area contributed by atoms with Crippen molar-refractivity contribution in [2.75, 3.05) is 6.54 Å². The van der Waals surface area contributed by atoms with Gasteiger partial charge in [-0.25, -0.2) is 0 Å². The van der Waals surface area contributed by atoms with Crippen molar-refractivity contribution >= 4 is 0 Å². The third-order valence-corrected chi connectivity index (χ3v) is 3.78. The summed E-state index contributed by atoms with van der Waals surface area (Å²) in [4.78, 5) is 0. The van der Waals surface area contributed by atoms with Crippen LogP contribution in [0.3, 0.4) is 0 Å². The Morgan fingerprint density at radius 1 is 1.07 bits per heavy atom. The molecular formula is C13H25NO. The van der Waals surface area contributed by atoms with Crippen LogP contribution in [0.4, 0.5) is 0 Å². The summed E-state index contributed by atoms with van der Waals surface area (Å²) >= 11 is 0. The minimum Gasteiger partial charge on any atom is -0.374 e. The van der Waals surface area contributed by atoms with Gasteiger partial charge in [-0.15, -0.1) is 0 Å². The molecule has 2 nitrogen and oxygen atoms in total. The number of hydrogen-bond acceptors (Lipinski definition) is 2. The molecule has 2 aliphatic carbocycles. The van der Waals surface area contributed by atoms with E-state index in [0.29, 0.717) is 12.2 Å². The third-order valence-electron chi connectivity index (χ3n) is 3.78. The molecule has 1 atom stereocenters. The molecule has 88 valence electrons. The molecule has 1 N–H and O–H groups in total. The maximum absolute atomic E-state index is 6.01. The molecule has 2 rings (SSSR count). The van der Waals surface area contributed by atoms with E-state index < -0.39 is 0 Å². The Morgan fingerprint density at radius 2 is 1.67 bits per heavy atom. The van der Waals surface area contributed by atoms with Crippen molar-refractivity contribution in [2.24, 2.45) is 0 Å². The average Bonchev–Trinajstić information content (AvgIpc) is 2.86. The summed E-state index contributed by atoms with van der Waals surface area (Å²) in [6.07, 6.45) is 11.8. The van der Waals surface area contributed by atoms with Gasteiger partial charge in [0.05, 0.1) is 12.2 Å². The van der Waals surface area contributed by atoms with E-state index in [1.807, 2.05) is 0 Å². The predicted octanol–water partition coefficient (Wildman–Crippen LogP) is 2.87. The van der Waals surface area contributed by atoms with Crippen LogP contribution in [0.2, 0.25) is 0 Å². The molecule has 2 saturated carbocycles. The number of ether oxygens (including phenoxy) is 1. The van der Waals surface area contributed by atoms with E-state index in [0.717, 1.165) is 12.6 Å². The van der Waals surface area contributed by atoms with E-state index >= 15 is 0 Å². The second kappa shape index (κ2) is 5.86. The molecular weight excluding hydrogens is 186 g/mol. The zero-order chi connectivity index (χ0) is 10.5. The standard InChI is InChI=1S/C13H25NO/c1-11(15-13-8-4-5-9-13)10-14-12-6-2-3-7-12/h11-14H,2-10H2,1H3. The molecule has 0 aromatic heterocycles. The topological polar surface area (TPSA) is 21.3 Å². The Kier molecular flexibility index (Phi) is 4.45. The summed E-state index contributed by atoms with van der Waals surface area (Å²) in [6, 6.07) is 0.777. The van der Waals surface area contributed by atoms with Gasteiger partial charge in [0, 0.05) is 12.6 Å². The molecule has 0 aliphatic heterocycles. The number of hydrogen-bond donors (Lipinski definition) is 1. The lowest BCUT2D eigenvalue weighted by Crippen LogP contribution is -2.35. The molecule has 0 radical (unpaired) electrons. The van der Waals surface area contributed by atoms with E-state index in [1.54, 1.807) is 0 Å². The summed E-state index contributed by atoms with van der Waals surface area (Å²) < 4.78 is 6.01. The van der Waals surface area contributed by atoms with Crippen molar-refractivity contribution in [1.29, 1.82) is 0 Å². The molecule has 2 fully saturated rings. The first-order valence-corrected chi connectivity index (χ1v) is 6.73. The van der Waals surface area contributed by atoms with E-state index in [2.05, 4.69) is 12.2 Å². The minimum absolute atomic E-state index is 0.397. The maximum Gasteiger partial charge on any atom is 0.0675 e. The van der Waals surface area contributed by atoms with Crippen molar-refractivity contribution in [1.82, 2.24) is 5.32 Å². The lowest BCUT2D eigenvalue weighted by molar-refractivity contribution is 0.00195. The van der Waals surface area contributed by atoms with Crippen LogP contribution < -0.4 is 5.32 Å². The van der Waals surface area contributed by atoms with Gasteiger partial charge in [-0.1, -0.05) is 25.7 Å². The van der Waals surface area contributed by atoms with Crippen LogP contribution in [0.25, 0.3) is 0 Å². The SMILES string of the molecule is CC(CNC1CCCC1)OC1CCCC1. The minimum atomic E-state index is 0.397. The van der Waals surface area contributed by atoms with Gasteiger partial charge >= 0.3 is 0 Å². The molecule has 0 bridgehead atoms.